The van der Waals surface area contributed by atoms with E-state index in [1.807, 2.05) is 30.3 Å². The summed E-state index contributed by atoms with van der Waals surface area (Å²) in [4.78, 5) is 4.27. The highest BCUT2D eigenvalue weighted by Crippen LogP contribution is 2.39. The van der Waals surface area contributed by atoms with Crippen LogP contribution in [0.15, 0.2) is 66.9 Å². The highest BCUT2D eigenvalue weighted by Gasteiger charge is 2.31. The SMILES string of the molecule is CC(C)(O)c1ccc([C@@H]2CO[C@@H](c3cccnc3Oc3ccc(F)cc3)O2)cc1. The molecule has 0 unspecified atom stereocenters. The smallest absolute Gasteiger partial charge is 0.227 e. The summed E-state index contributed by atoms with van der Waals surface area (Å²) in [6, 6.07) is 17.0. The molecule has 1 aromatic heterocycles. The minimum atomic E-state index is -0.892. The van der Waals surface area contributed by atoms with Gasteiger partial charge in [-0.1, -0.05) is 24.3 Å². The second-order valence-corrected chi connectivity index (χ2v) is 7.42. The minimum absolute atomic E-state index is 0.241. The van der Waals surface area contributed by atoms with Crippen LogP contribution in [0.1, 0.15) is 42.9 Å². The van der Waals surface area contributed by atoms with Crippen LogP contribution in [0.4, 0.5) is 4.39 Å². The van der Waals surface area contributed by atoms with E-state index in [4.69, 9.17) is 14.2 Å². The lowest BCUT2D eigenvalue weighted by molar-refractivity contribution is -0.0621. The molecular weight excluding hydrogens is 373 g/mol. The van der Waals surface area contributed by atoms with E-state index in [1.165, 1.54) is 24.3 Å². The lowest BCUT2D eigenvalue weighted by atomic mass is 9.96. The van der Waals surface area contributed by atoms with Crippen molar-refractivity contribution in [3.8, 4) is 11.6 Å². The van der Waals surface area contributed by atoms with Gasteiger partial charge in [0.1, 0.15) is 17.7 Å². The average molecular weight is 395 g/mol. The Labute approximate surface area is 168 Å². The Morgan fingerprint density at radius 1 is 1.07 bits per heavy atom. The molecule has 0 saturated carbocycles. The van der Waals surface area contributed by atoms with Crippen molar-refractivity contribution >= 4 is 0 Å². The van der Waals surface area contributed by atoms with Crippen molar-refractivity contribution in [2.45, 2.75) is 31.8 Å². The predicted molar refractivity (Wildman–Crippen MR) is 105 cm³/mol. The predicted octanol–water partition coefficient (Wildman–Crippen LogP) is 5.03. The molecule has 0 bridgehead atoms. The Balaban J connectivity index is 1.50. The fraction of sp³-hybridized carbons (Fsp3) is 0.261. The van der Waals surface area contributed by atoms with Crippen molar-refractivity contribution in [2.75, 3.05) is 6.61 Å². The van der Waals surface area contributed by atoms with Crippen LogP contribution in [0.5, 0.6) is 11.6 Å². The van der Waals surface area contributed by atoms with Gasteiger partial charge >= 0.3 is 0 Å². The molecule has 1 aliphatic rings. The molecule has 150 valence electrons. The van der Waals surface area contributed by atoms with Crippen molar-refractivity contribution in [1.82, 2.24) is 4.98 Å². The Bertz CT molecular complexity index is 967. The van der Waals surface area contributed by atoms with Gasteiger partial charge in [-0.25, -0.2) is 9.37 Å². The maximum atomic E-state index is 13.1. The number of aromatic nitrogens is 1. The summed E-state index contributed by atoms with van der Waals surface area (Å²) in [6.07, 6.45) is 0.747. The first-order valence-corrected chi connectivity index (χ1v) is 9.38. The monoisotopic (exact) mass is 395 g/mol. The third kappa shape index (κ3) is 4.45. The Hall–Kier alpha value is -2.80. The molecule has 1 aliphatic heterocycles. The maximum Gasteiger partial charge on any atom is 0.227 e. The van der Waals surface area contributed by atoms with Gasteiger partial charge in [0.2, 0.25) is 5.88 Å². The van der Waals surface area contributed by atoms with E-state index in [0.717, 1.165) is 11.1 Å². The number of rotatable bonds is 5. The van der Waals surface area contributed by atoms with Gasteiger partial charge < -0.3 is 19.3 Å². The number of pyridine rings is 1. The number of benzene rings is 2. The van der Waals surface area contributed by atoms with Crippen LogP contribution in [0.2, 0.25) is 0 Å². The van der Waals surface area contributed by atoms with E-state index >= 15 is 0 Å². The molecule has 2 aromatic carbocycles. The number of halogens is 1. The second kappa shape index (κ2) is 7.91. The fourth-order valence-corrected chi connectivity index (χ4v) is 3.13. The molecule has 0 amide bonds. The number of aliphatic hydroxyl groups is 1. The molecule has 1 N–H and O–H groups in total. The maximum absolute atomic E-state index is 13.1. The summed E-state index contributed by atoms with van der Waals surface area (Å²) in [5.74, 6) is 0.490. The zero-order valence-electron chi connectivity index (χ0n) is 16.2. The molecule has 6 heteroatoms. The largest absolute Gasteiger partial charge is 0.439 e. The first kappa shape index (κ1) is 19.5. The van der Waals surface area contributed by atoms with Gasteiger partial charge in [0.25, 0.3) is 0 Å². The molecule has 2 atom stereocenters. The first-order chi connectivity index (χ1) is 13.9. The average Bonchev–Trinajstić information content (AvgIpc) is 3.20. The standard InChI is InChI=1S/C23H22FNO4/c1-23(2,26)16-7-5-15(6-8-16)20-14-27-22(29-20)19-4-3-13-25-21(19)28-18-11-9-17(24)10-12-18/h3-13,20,22,26H,14H2,1-2H3/t20-,22+/m0/s1. The molecule has 2 heterocycles. The van der Waals surface area contributed by atoms with Gasteiger partial charge in [0, 0.05) is 6.20 Å². The van der Waals surface area contributed by atoms with E-state index in [2.05, 4.69) is 4.98 Å². The van der Waals surface area contributed by atoms with Crippen LogP contribution in [0.25, 0.3) is 0 Å². The molecular formula is C23H22FNO4. The minimum Gasteiger partial charge on any atom is -0.439 e. The van der Waals surface area contributed by atoms with Crippen LogP contribution in [0, 0.1) is 5.82 Å². The normalized spacial score (nSPS) is 19.3. The van der Waals surface area contributed by atoms with Crippen LogP contribution in [-0.4, -0.2) is 16.7 Å². The van der Waals surface area contributed by atoms with E-state index < -0.39 is 11.9 Å². The van der Waals surface area contributed by atoms with E-state index in [0.29, 0.717) is 23.8 Å². The zero-order chi connectivity index (χ0) is 20.4. The van der Waals surface area contributed by atoms with Crippen molar-refractivity contribution < 1.29 is 23.7 Å². The van der Waals surface area contributed by atoms with Crippen LogP contribution in [0.3, 0.4) is 0 Å². The van der Waals surface area contributed by atoms with Crippen LogP contribution in [-0.2, 0) is 15.1 Å². The van der Waals surface area contributed by atoms with Crippen molar-refractivity contribution in [3.63, 3.8) is 0 Å². The molecule has 1 fully saturated rings. The van der Waals surface area contributed by atoms with Crippen LogP contribution >= 0.6 is 0 Å². The first-order valence-electron chi connectivity index (χ1n) is 9.38. The summed E-state index contributed by atoms with van der Waals surface area (Å²) in [6.45, 7) is 3.88. The number of ether oxygens (including phenoxy) is 3. The fourth-order valence-electron chi connectivity index (χ4n) is 3.13. The second-order valence-electron chi connectivity index (χ2n) is 7.42. The highest BCUT2D eigenvalue weighted by atomic mass is 19.1. The third-order valence-electron chi connectivity index (χ3n) is 4.76. The van der Waals surface area contributed by atoms with Gasteiger partial charge in [-0.3, -0.25) is 0 Å². The van der Waals surface area contributed by atoms with Crippen molar-refractivity contribution in [2.24, 2.45) is 0 Å². The topological polar surface area (TPSA) is 60.8 Å². The van der Waals surface area contributed by atoms with E-state index in [-0.39, 0.29) is 11.9 Å². The number of hydrogen-bond donors (Lipinski definition) is 1. The third-order valence-corrected chi connectivity index (χ3v) is 4.76. The van der Waals surface area contributed by atoms with Gasteiger partial charge in [-0.05, 0) is 61.4 Å². The Kier molecular flexibility index (Phi) is 5.32. The molecule has 4 rings (SSSR count). The van der Waals surface area contributed by atoms with Crippen LogP contribution < -0.4 is 4.74 Å². The van der Waals surface area contributed by atoms with Crippen molar-refractivity contribution in [3.05, 3.63) is 89.4 Å². The lowest BCUT2D eigenvalue weighted by Gasteiger charge is -2.19. The highest BCUT2D eigenvalue weighted by molar-refractivity contribution is 5.34. The molecule has 29 heavy (non-hydrogen) atoms. The Morgan fingerprint density at radius 3 is 2.48 bits per heavy atom. The van der Waals surface area contributed by atoms with Gasteiger partial charge in [0.05, 0.1) is 17.8 Å². The Morgan fingerprint density at radius 2 is 1.79 bits per heavy atom. The lowest BCUT2D eigenvalue weighted by Crippen LogP contribution is -2.15. The van der Waals surface area contributed by atoms with E-state index in [9.17, 15) is 9.50 Å². The number of nitrogens with zero attached hydrogens (tertiary/aromatic N) is 1. The number of hydrogen-bond acceptors (Lipinski definition) is 5. The van der Waals surface area contributed by atoms with Crippen molar-refractivity contribution in [1.29, 1.82) is 0 Å². The molecule has 5 nitrogen and oxygen atoms in total. The molecule has 0 spiro atoms. The van der Waals surface area contributed by atoms with Gasteiger partial charge in [0.15, 0.2) is 6.29 Å². The summed E-state index contributed by atoms with van der Waals surface area (Å²) < 4.78 is 30.9. The summed E-state index contributed by atoms with van der Waals surface area (Å²) >= 11 is 0. The van der Waals surface area contributed by atoms with Gasteiger partial charge in [-0.2, -0.15) is 0 Å². The quantitative estimate of drug-likeness (QED) is 0.657. The zero-order valence-corrected chi connectivity index (χ0v) is 16.2. The molecule has 0 aliphatic carbocycles. The molecule has 1 saturated heterocycles. The molecule has 3 aromatic rings. The van der Waals surface area contributed by atoms with E-state index in [1.54, 1.807) is 26.1 Å². The van der Waals surface area contributed by atoms with Gasteiger partial charge in [-0.15, -0.1) is 0 Å². The summed E-state index contributed by atoms with van der Waals surface area (Å²) in [7, 11) is 0. The summed E-state index contributed by atoms with van der Waals surface area (Å²) in [5.41, 5.74) is 1.56. The summed E-state index contributed by atoms with van der Waals surface area (Å²) in [5, 5.41) is 10.1. The molecule has 0 radical (unpaired) electrons.